The Morgan fingerprint density at radius 1 is 0.548 bits per heavy atom. The third kappa shape index (κ3) is 18.4. The maximum atomic E-state index is 12.6. The third-order valence-electron chi connectivity index (χ3n) is 8.32. The number of aliphatic hydroxyl groups is 3. The van der Waals surface area contributed by atoms with Crippen LogP contribution in [0.5, 0.6) is 0 Å². The molecule has 1 aliphatic heterocycles. The molecule has 0 radical (unpaired) electrons. The minimum Gasteiger partial charge on any atom is -0.455 e. The largest absolute Gasteiger partial charge is 0.455 e. The summed E-state index contributed by atoms with van der Waals surface area (Å²) in [6.07, 6.45) is 19.2. The average Bonchev–Trinajstić information content (AvgIpc) is 2.98. The molecule has 1 fully saturated rings. The van der Waals surface area contributed by atoms with Gasteiger partial charge in [-0.2, -0.15) is 0 Å². The van der Waals surface area contributed by atoms with E-state index >= 15 is 0 Å². The van der Waals surface area contributed by atoms with E-state index in [1.165, 1.54) is 89.9 Å². The molecule has 42 heavy (non-hydrogen) atoms. The van der Waals surface area contributed by atoms with E-state index in [4.69, 9.17) is 14.2 Å². The van der Waals surface area contributed by atoms with E-state index in [9.17, 15) is 24.9 Å². The minimum atomic E-state index is -1.61. The lowest BCUT2D eigenvalue weighted by Crippen LogP contribution is -2.61. The molecule has 0 bridgehead atoms. The van der Waals surface area contributed by atoms with E-state index in [-0.39, 0.29) is 12.8 Å². The summed E-state index contributed by atoms with van der Waals surface area (Å²) in [5.41, 5.74) is 0. The fourth-order valence-electron chi connectivity index (χ4n) is 5.61. The molecule has 0 saturated carbocycles. The van der Waals surface area contributed by atoms with Crippen LogP contribution >= 0.6 is 0 Å². The van der Waals surface area contributed by atoms with E-state index in [1.807, 2.05) is 0 Å². The number of carbonyl (C=O) groups excluding carboxylic acids is 2. The molecule has 0 aromatic rings. The Labute approximate surface area is 256 Å². The summed E-state index contributed by atoms with van der Waals surface area (Å²) in [7, 11) is 0. The number of aliphatic hydroxyl groups excluding tert-OH is 3. The van der Waals surface area contributed by atoms with Crippen molar-refractivity contribution in [1.29, 1.82) is 0 Å². The van der Waals surface area contributed by atoms with Gasteiger partial charge < -0.3 is 29.5 Å². The maximum Gasteiger partial charge on any atom is 0.306 e. The smallest absolute Gasteiger partial charge is 0.306 e. The minimum absolute atomic E-state index is 0.180. The van der Waals surface area contributed by atoms with E-state index in [0.29, 0.717) is 12.8 Å². The lowest BCUT2D eigenvalue weighted by Gasteiger charge is -2.41. The number of carbonyl (C=O) groups is 2. The van der Waals surface area contributed by atoms with Crippen LogP contribution in [-0.2, 0) is 23.8 Å². The van der Waals surface area contributed by atoms with Crippen molar-refractivity contribution in [3.05, 3.63) is 0 Å². The first-order chi connectivity index (χ1) is 20.4. The molecule has 1 rings (SSSR count). The molecule has 8 nitrogen and oxygen atoms in total. The van der Waals surface area contributed by atoms with E-state index in [0.717, 1.165) is 38.5 Å². The van der Waals surface area contributed by atoms with E-state index in [2.05, 4.69) is 13.8 Å². The fourth-order valence-corrected chi connectivity index (χ4v) is 5.61. The molecule has 1 aliphatic rings. The molecule has 1 heterocycles. The molecule has 0 unspecified atom stereocenters. The van der Waals surface area contributed by atoms with Gasteiger partial charge in [-0.15, -0.1) is 0 Å². The Kier molecular flexibility index (Phi) is 24.2. The van der Waals surface area contributed by atoms with Crippen LogP contribution in [0.1, 0.15) is 168 Å². The van der Waals surface area contributed by atoms with Gasteiger partial charge in [0, 0.05) is 12.8 Å². The van der Waals surface area contributed by atoms with Crippen LogP contribution in [0.15, 0.2) is 0 Å². The summed E-state index contributed by atoms with van der Waals surface area (Å²) in [6.45, 7) is 3.89. The van der Waals surface area contributed by atoms with Crippen LogP contribution in [0.3, 0.4) is 0 Å². The van der Waals surface area contributed by atoms with Crippen molar-refractivity contribution < 1.29 is 39.1 Å². The highest BCUT2D eigenvalue weighted by Gasteiger charge is 2.49. The quantitative estimate of drug-likeness (QED) is 0.0664. The first kappa shape index (κ1) is 38.8. The standard InChI is InChI=1S/C34H64O8/c1-3-5-7-9-11-13-15-17-19-21-23-25-29(36)41-32-31(38)28(27-35)40-34(39)33(32)42-30(37)26-24-22-20-18-16-14-12-10-8-6-4-2/h28,31-35,38-39H,3-27H2,1-2H3/t28-,31-,32+,33-,34+/m1/s1. The van der Waals surface area contributed by atoms with Gasteiger partial charge in [0.1, 0.15) is 12.2 Å². The number of esters is 2. The normalized spacial score (nSPS) is 22.3. The van der Waals surface area contributed by atoms with Crippen molar-refractivity contribution >= 4 is 11.9 Å². The van der Waals surface area contributed by atoms with Crippen LogP contribution in [0.4, 0.5) is 0 Å². The van der Waals surface area contributed by atoms with Gasteiger partial charge in [0.05, 0.1) is 6.61 Å². The van der Waals surface area contributed by atoms with Crippen molar-refractivity contribution in [3.63, 3.8) is 0 Å². The van der Waals surface area contributed by atoms with Gasteiger partial charge in [0.25, 0.3) is 0 Å². The van der Waals surface area contributed by atoms with Gasteiger partial charge in [-0.3, -0.25) is 9.59 Å². The number of ether oxygens (including phenoxy) is 3. The predicted molar refractivity (Wildman–Crippen MR) is 166 cm³/mol. The van der Waals surface area contributed by atoms with Crippen molar-refractivity contribution in [2.45, 2.75) is 199 Å². The van der Waals surface area contributed by atoms with Crippen LogP contribution in [-0.4, -0.2) is 64.6 Å². The molecule has 248 valence electrons. The summed E-state index contributed by atoms with van der Waals surface area (Å²) in [4.78, 5) is 25.1. The summed E-state index contributed by atoms with van der Waals surface area (Å²) in [5.74, 6) is -1.05. The number of unbranched alkanes of at least 4 members (excludes halogenated alkanes) is 20. The Balaban J connectivity index is 2.32. The number of hydrogen-bond donors (Lipinski definition) is 3. The summed E-state index contributed by atoms with van der Waals surface area (Å²) < 4.78 is 16.2. The van der Waals surface area contributed by atoms with Gasteiger partial charge in [0.2, 0.25) is 0 Å². The maximum absolute atomic E-state index is 12.6. The highest BCUT2D eigenvalue weighted by Crippen LogP contribution is 2.26. The second kappa shape index (κ2) is 26.2. The molecule has 8 heteroatoms. The zero-order valence-corrected chi connectivity index (χ0v) is 26.9. The SMILES string of the molecule is CCCCCCCCCCCCCC(=O)O[C@@H]1[C@@H](OC(=O)CCCCCCCCCCCCC)[C@H](O)[C@@H](CO)O[C@@H]1O. The second-order valence-corrected chi connectivity index (χ2v) is 12.2. The van der Waals surface area contributed by atoms with Crippen molar-refractivity contribution in [2.24, 2.45) is 0 Å². The lowest BCUT2D eigenvalue weighted by atomic mass is 9.98. The van der Waals surface area contributed by atoms with E-state index in [1.54, 1.807) is 0 Å². The van der Waals surface area contributed by atoms with Gasteiger partial charge in [0.15, 0.2) is 18.5 Å². The highest BCUT2D eigenvalue weighted by atomic mass is 16.7. The first-order valence-corrected chi connectivity index (χ1v) is 17.5. The molecule has 0 amide bonds. The van der Waals surface area contributed by atoms with Crippen LogP contribution in [0.2, 0.25) is 0 Å². The molecule has 5 atom stereocenters. The number of rotatable bonds is 27. The summed E-state index contributed by atoms with van der Waals surface area (Å²) in [5, 5.41) is 30.6. The Morgan fingerprint density at radius 3 is 1.24 bits per heavy atom. The summed E-state index contributed by atoms with van der Waals surface area (Å²) >= 11 is 0. The van der Waals surface area contributed by atoms with Crippen LogP contribution in [0.25, 0.3) is 0 Å². The summed E-state index contributed by atoms with van der Waals surface area (Å²) in [6, 6.07) is 0. The molecule has 0 spiro atoms. The van der Waals surface area contributed by atoms with Crippen molar-refractivity contribution in [2.75, 3.05) is 6.61 Å². The fraction of sp³-hybridized carbons (Fsp3) is 0.941. The Hall–Kier alpha value is -1.22. The van der Waals surface area contributed by atoms with Crippen molar-refractivity contribution in [3.8, 4) is 0 Å². The molecular weight excluding hydrogens is 536 g/mol. The van der Waals surface area contributed by atoms with Crippen LogP contribution in [0, 0.1) is 0 Å². The molecule has 0 aromatic carbocycles. The lowest BCUT2D eigenvalue weighted by molar-refractivity contribution is -0.293. The van der Waals surface area contributed by atoms with Gasteiger partial charge >= 0.3 is 11.9 Å². The second-order valence-electron chi connectivity index (χ2n) is 12.2. The topological polar surface area (TPSA) is 123 Å². The molecule has 0 aliphatic carbocycles. The van der Waals surface area contributed by atoms with E-state index < -0.39 is 49.3 Å². The zero-order valence-electron chi connectivity index (χ0n) is 26.9. The Morgan fingerprint density at radius 2 is 0.881 bits per heavy atom. The molecule has 1 saturated heterocycles. The van der Waals surface area contributed by atoms with Gasteiger partial charge in [-0.25, -0.2) is 0 Å². The van der Waals surface area contributed by atoms with Gasteiger partial charge in [-0.05, 0) is 12.8 Å². The monoisotopic (exact) mass is 600 g/mol. The third-order valence-corrected chi connectivity index (χ3v) is 8.32. The predicted octanol–water partition coefficient (Wildman–Crippen LogP) is 7.28. The average molecular weight is 601 g/mol. The zero-order chi connectivity index (χ0) is 30.8. The molecule has 3 N–H and O–H groups in total. The highest BCUT2D eigenvalue weighted by molar-refractivity contribution is 5.70. The first-order valence-electron chi connectivity index (χ1n) is 17.5. The molecular formula is C34H64O8. The number of hydrogen-bond acceptors (Lipinski definition) is 8. The van der Waals surface area contributed by atoms with Crippen molar-refractivity contribution in [1.82, 2.24) is 0 Å². The van der Waals surface area contributed by atoms with Gasteiger partial charge in [-0.1, -0.05) is 142 Å². The van der Waals surface area contributed by atoms with Crippen LogP contribution < -0.4 is 0 Å². The Bertz CT molecular complexity index is 657. The molecule has 0 aromatic heterocycles.